The van der Waals surface area contributed by atoms with Crippen LogP contribution >= 0.6 is 11.3 Å². The summed E-state index contributed by atoms with van der Waals surface area (Å²) in [5, 5.41) is 3.97. The van der Waals surface area contributed by atoms with Crippen LogP contribution in [0.3, 0.4) is 0 Å². The first-order valence-electron chi connectivity index (χ1n) is 3.92. The van der Waals surface area contributed by atoms with Gasteiger partial charge in [-0.05, 0) is 40.9 Å². The average molecular weight is 193 g/mol. The van der Waals surface area contributed by atoms with E-state index in [1.807, 2.05) is 22.9 Å². The van der Waals surface area contributed by atoms with E-state index >= 15 is 0 Å². The third-order valence-electron chi connectivity index (χ3n) is 1.78. The first kappa shape index (κ1) is 8.38. The van der Waals surface area contributed by atoms with Crippen LogP contribution in [-0.4, -0.2) is 4.98 Å². The Morgan fingerprint density at radius 2 is 2.15 bits per heavy atom. The first-order valence-corrected chi connectivity index (χ1v) is 4.87. The minimum atomic E-state index is -0.416. The fraction of sp³-hybridized carbons (Fsp3) is 0.100. The van der Waals surface area contributed by atoms with E-state index in [-0.39, 0.29) is 0 Å². The maximum absolute atomic E-state index is 12.9. The summed E-state index contributed by atoms with van der Waals surface area (Å²) in [7, 11) is 0. The average Bonchev–Trinajstić information content (AvgIpc) is 2.53. The molecule has 2 aromatic rings. The van der Waals surface area contributed by atoms with Crippen LogP contribution in [0.4, 0.5) is 4.39 Å². The zero-order chi connectivity index (χ0) is 9.26. The van der Waals surface area contributed by atoms with Gasteiger partial charge in [0.25, 0.3) is 0 Å². The Morgan fingerprint density at radius 1 is 1.31 bits per heavy atom. The van der Waals surface area contributed by atoms with Crippen molar-refractivity contribution in [1.82, 2.24) is 4.98 Å². The maximum atomic E-state index is 12.9. The van der Waals surface area contributed by atoms with Gasteiger partial charge in [0.05, 0.1) is 0 Å². The molecular formula is C10H8FNS. The molecule has 0 fully saturated rings. The van der Waals surface area contributed by atoms with Crippen molar-refractivity contribution in [3.05, 3.63) is 40.6 Å². The lowest BCUT2D eigenvalue weighted by atomic mass is 10.1. The van der Waals surface area contributed by atoms with Gasteiger partial charge in [0.1, 0.15) is 0 Å². The highest BCUT2D eigenvalue weighted by Crippen LogP contribution is 2.22. The highest BCUT2D eigenvalue weighted by molar-refractivity contribution is 7.08. The molecule has 1 nitrogen and oxygen atoms in total. The molecular weight excluding hydrogens is 185 g/mol. The molecule has 2 rings (SSSR count). The highest BCUT2D eigenvalue weighted by atomic mass is 32.1. The molecule has 0 radical (unpaired) electrons. The number of pyridine rings is 1. The zero-order valence-corrected chi connectivity index (χ0v) is 7.94. The summed E-state index contributed by atoms with van der Waals surface area (Å²) in [5.74, 6) is -0.416. The van der Waals surface area contributed by atoms with Crippen LogP contribution in [0.5, 0.6) is 0 Å². The summed E-state index contributed by atoms with van der Waals surface area (Å²) < 4.78 is 12.9. The summed E-state index contributed by atoms with van der Waals surface area (Å²) in [6.07, 6.45) is 0. The number of halogens is 1. The van der Waals surface area contributed by atoms with Gasteiger partial charge in [-0.25, -0.2) is 4.98 Å². The predicted octanol–water partition coefficient (Wildman–Crippen LogP) is 3.26. The molecule has 0 bridgehead atoms. The molecule has 0 unspecified atom stereocenters. The predicted molar refractivity (Wildman–Crippen MR) is 52.2 cm³/mol. The van der Waals surface area contributed by atoms with E-state index in [1.165, 1.54) is 6.07 Å². The number of rotatable bonds is 1. The second-order valence-electron chi connectivity index (χ2n) is 2.83. The van der Waals surface area contributed by atoms with Crippen molar-refractivity contribution >= 4 is 11.3 Å². The number of hydrogen-bond acceptors (Lipinski definition) is 2. The molecule has 0 aliphatic carbocycles. The SMILES string of the molecule is Cc1cc(-c2ccsc2)cc(F)n1. The molecule has 66 valence electrons. The third-order valence-corrected chi connectivity index (χ3v) is 2.46. The van der Waals surface area contributed by atoms with Crippen LogP contribution in [0.25, 0.3) is 11.1 Å². The van der Waals surface area contributed by atoms with Gasteiger partial charge in [-0.2, -0.15) is 15.7 Å². The normalized spacial score (nSPS) is 10.3. The van der Waals surface area contributed by atoms with E-state index in [0.717, 1.165) is 11.1 Å². The Labute approximate surface area is 79.9 Å². The van der Waals surface area contributed by atoms with E-state index in [2.05, 4.69) is 4.98 Å². The number of aromatic nitrogens is 1. The van der Waals surface area contributed by atoms with Crippen molar-refractivity contribution in [2.75, 3.05) is 0 Å². The lowest BCUT2D eigenvalue weighted by molar-refractivity contribution is 0.581. The molecule has 0 saturated heterocycles. The van der Waals surface area contributed by atoms with E-state index in [1.54, 1.807) is 18.3 Å². The van der Waals surface area contributed by atoms with Gasteiger partial charge in [-0.1, -0.05) is 0 Å². The molecule has 2 aromatic heterocycles. The Hall–Kier alpha value is -1.22. The number of nitrogens with zero attached hydrogens (tertiary/aromatic N) is 1. The van der Waals surface area contributed by atoms with Crippen LogP contribution in [0.2, 0.25) is 0 Å². The molecule has 0 saturated carbocycles. The minimum Gasteiger partial charge on any atom is -0.225 e. The lowest BCUT2D eigenvalue weighted by Gasteiger charge is -1.99. The van der Waals surface area contributed by atoms with Gasteiger partial charge in [0, 0.05) is 11.8 Å². The number of thiophene rings is 1. The van der Waals surface area contributed by atoms with Crippen molar-refractivity contribution < 1.29 is 4.39 Å². The molecule has 2 heterocycles. The summed E-state index contributed by atoms with van der Waals surface area (Å²) in [4.78, 5) is 3.68. The zero-order valence-electron chi connectivity index (χ0n) is 7.12. The van der Waals surface area contributed by atoms with Crippen molar-refractivity contribution in [2.24, 2.45) is 0 Å². The Balaban J connectivity index is 2.53. The largest absolute Gasteiger partial charge is 0.225 e. The Kier molecular flexibility index (Phi) is 2.10. The number of aryl methyl sites for hydroxylation is 1. The monoisotopic (exact) mass is 193 g/mol. The quantitative estimate of drug-likeness (QED) is 0.633. The summed E-state index contributed by atoms with van der Waals surface area (Å²) in [5.41, 5.74) is 2.65. The Bertz CT molecular complexity index is 389. The molecule has 0 amide bonds. The second-order valence-corrected chi connectivity index (χ2v) is 3.61. The summed E-state index contributed by atoms with van der Waals surface area (Å²) in [6.45, 7) is 1.79. The standard InChI is InChI=1S/C10H8FNS/c1-7-4-9(5-10(11)12-7)8-2-3-13-6-8/h2-6H,1H3. The topological polar surface area (TPSA) is 12.9 Å². The van der Waals surface area contributed by atoms with Crippen LogP contribution < -0.4 is 0 Å². The molecule has 0 N–H and O–H groups in total. The fourth-order valence-electron chi connectivity index (χ4n) is 1.22. The maximum Gasteiger partial charge on any atom is 0.213 e. The van der Waals surface area contributed by atoms with Crippen molar-refractivity contribution in [3.63, 3.8) is 0 Å². The van der Waals surface area contributed by atoms with Gasteiger partial charge >= 0.3 is 0 Å². The summed E-state index contributed by atoms with van der Waals surface area (Å²) >= 11 is 1.60. The number of hydrogen-bond donors (Lipinski definition) is 0. The molecule has 0 aromatic carbocycles. The molecule has 0 spiro atoms. The molecule has 13 heavy (non-hydrogen) atoms. The summed E-state index contributed by atoms with van der Waals surface area (Å²) in [6, 6.07) is 5.30. The highest BCUT2D eigenvalue weighted by Gasteiger charge is 2.01. The van der Waals surface area contributed by atoms with Gasteiger partial charge in [-0.15, -0.1) is 0 Å². The van der Waals surface area contributed by atoms with Crippen molar-refractivity contribution in [1.29, 1.82) is 0 Å². The van der Waals surface area contributed by atoms with Crippen molar-refractivity contribution in [2.45, 2.75) is 6.92 Å². The van der Waals surface area contributed by atoms with Crippen LogP contribution in [0.1, 0.15) is 5.69 Å². The van der Waals surface area contributed by atoms with E-state index in [9.17, 15) is 4.39 Å². The van der Waals surface area contributed by atoms with Crippen molar-refractivity contribution in [3.8, 4) is 11.1 Å². The van der Waals surface area contributed by atoms with E-state index in [0.29, 0.717) is 5.69 Å². The minimum absolute atomic E-state index is 0.416. The lowest BCUT2D eigenvalue weighted by Crippen LogP contribution is -1.87. The van der Waals surface area contributed by atoms with E-state index < -0.39 is 5.95 Å². The van der Waals surface area contributed by atoms with Crippen LogP contribution in [-0.2, 0) is 0 Å². The van der Waals surface area contributed by atoms with Gasteiger partial charge in [0.2, 0.25) is 5.95 Å². The Morgan fingerprint density at radius 3 is 2.77 bits per heavy atom. The van der Waals surface area contributed by atoms with Gasteiger partial charge in [0.15, 0.2) is 0 Å². The smallest absolute Gasteiger partial charge is 0.213 e. The first-order chi connectivity index (χ1) is 6.25. The second kappa shape index (κ2) is 3.26. The fourth-order valence-corrected chi connectivity index (χ4v) is 1.89. The van der Waals surface area contributed by atoms with E-state index in [4.69, 9.17) is 0 Å². The van der Waals surface area contributed by atoms with Gasteiger partial charge < -0.3 is 0 Å². The van der Waals surface area contributed by atoms with Crippen LogP contribution in [0.15, 0.2) is 29.0 Å². The third kappa shape index (κ3) is 1.75. The van der Waals surface area contributed by atoms with Crippen LogP contribution in [0, 0.1) is 12.9 Å². The molecule has 3 heteroatoms. The molecule has 0 aliphatic rings. The van der Waals surface area contributed by atoms with Gasteiger partial charge in [-0.3, -0.25) is 0 Å². The molecule has 0 aliphatic heterocycles. The molecule has 0 atom stereocenters.